The van der Waals surface area contributed by atoms with Crippen LogP contribution in [0.1, 0.15) is 110 Å². The first-order chi connectivity index (χ1) is 11.4. The molecule has 1 N–H and O–H groups in total. The average molecular weight is 387 g/mol. The van der Waals surface area contributed by atoms with Gasteiger partial charge < -0.3 is 9.66 Å². The molecule has 0 radical (unpaired) electrons. The van der Waals surface area contributed by atoms with Crippen molar-refractivity contribution in [3.8, 4) is 0 Å². The third kappa shape index (κ3) is 19.4. The molecule has 0 aliphatic rings. The molecule has 0 heterocycles. The molecule has 0 aliphatic heterocycles. The Hall–Kier alpha value is 0.870. The van der Waals surface area contributed by atoms with Gasteiger partial charge in [0, 0.05) is 5.25 Å². The maximum atomic E-state index is 10.8. The molecule has 0 saturated heterocycles. The van der Waals surface area contributed by atoms with Crippen LogP contribution in [0.25, 0.3) is 0 Å². The minimum absolute atomic E-state index is 0. The van der Waals surface area contributed by atoms with Crippen molar-refractivity contribution in [1.29, 1.82) is 0 Å². The summed E-state index contributed by atoms with van der Waals surface area (Å²) in [4.78, 5) is 0. The zero-order valence-electron chi connectivity index (χ0n) is 16.8. The fourth-order valence-corrected chi connectivity index (χ4v) is 3.42. The van der Waals surface area contributed by atoms with Crippen molar-refractivity contribution < 1.29 is 47.6 Å². The van der Waals surface area contributed by atoms with Crippen molar-refractivity contribution in [2.75, 3.05) is 0 Å². The molecule has 25 heavy (non-hydrogen) atoms. The van der Waals surface area contributed by atoms with Crippen LogP contribution in [0.15, 0.2) is 0 Å². The molecule has 0 saturated carbocycles. The minimum Gasteiger partial charge on any atom is -0.748 e. The van der Waals surface area contributed by atoms with Gasteiger partial charge >= 0.3 is 29.6 Å². The molecular weight excluding hydrogens is 347 g/mol. The predicted molar refractivity (Wildman–Crippen MR) is 100 cm³/mol. The third-order valence-electron chi connectivity index (χ3n) is 4.78. The van der Waals surface area contributed by atoms with Gasteiger partial charge in [-0.05, 0) is 26.2 Å². The number of aliphatic hydroxyl groups excluding tert-OH is 1. The van der Waals surface area contributed by atoms with Gasteiger partial charge in [0.15, 0.2) is 0 Å². The van der Waals surface area contributed by atoms with Crippen molar-refractivity contribution in [3.05, 3.63) is 0 Å². The van der Waals surface area contributed by atoms with Gasteiger partial charge in [-0.25, -0.2) is 8.42 Å². The largest absolute Gasteiger partial charge is 1.00 e. The first-order valence-corrected chi connectivity index (χ1v) is 11.5. The first-order valence-electron chi connectivity index (χ1n) is 10.0. The average Bonchev–Trinajstić information content (AvgIpc) is 2.52. The number of aliphatic hydroxyl groups is 1. The molecule has 2 atom stereocenters. The van der Waals surface area contributed by atoms with Gasteiger partial charge in [-0.15, -0.1) is 0 Å². The Morgan fingerprint density at radius 2 is 1.12 bits per heavy atom. The summed E-state index contributed by atoms with van der Waals surface area (Å²) in [5.74, 6) is 0. The predicted octanol–water partition coefficient (Wildman–Crippen LogP) is 2.16. The van der Waals surface area contributed by atoms with Crippen molar-refractivity contribution in [3.63, 3.8) is 0 Å². The normalized spacial score (nSPS) is 14.1. The molecule has 2 unspecified atom stereocenters. The van der Waals surface area contributed by atoms with Crippen LogP contribution in [0.4, 0.5) is 0 Å². The molecule has 0 spiro atoms. The van der Waals surface area contributed by atoms with Crippen LogP contribution in [0.5, 0.6) is 0 Å². The molecule has 6 heteroatoms. The fourth-order valence-electron chi connectivity index (χ4n) is 2.97. The SMILES string of the molecule is CCCCCCCCC(O)CCCCCCCCC(C)S(=O)(=O)[O-].[Na+]. The summed E-state index contributed by atoms with van der Waals surface area (Å²) >= 11 is 0. The van der Waals surface area contributed by atoms with Crippen molar-refractivity contribution in [2.45, 2.75) is 122 Å². The summed E-state index contributed by atoms with van der Waals surface area (Å²) in [5.41, 5.74) is 0. The zero-order valence-corrected chi connectivity index (χ0v) is 19.7. The maximum absolute atomic E-state index is 10.8. The number of rotatable bonds is 17. The Labute approximate surface area is 178 Å². The van der Waals surface area contributed by atoms with Crippen LogP contribution in [0.3, 0.4) is 0 Å². The fraction of sp³-hybridized carbons (Fsp3) is 1.00. The van der Waals surface area contributed by atoms with E-state index in [1.54, 1.807) is 0 Å². The standard InChI is InChI=1S/C19H40O4S.Na/c1-3-4-5-6-10-13-16-19(20)17-14-11-8-7-9-12-15-18(2)24(21,22)23;/h18-20H,3-17H2,1-2H3,(H,21,22,23);/q;+1/p-1. The summed E-state index contributed by atoms with van der Waals surface area (Å²) < 4.78 is 32.3. The van der Waals surface area contributed by atoms with Gasteiger partial charge in [0.2, 0.25) is 0 Å². The zero-order chi connectivity index (χ0) is 18.3. The van der Waals surface area contributed by atoms with Gasteiger partial charge in [0.1, 0.15) is 0 Å². The Morgan fingerprint density at radius 3 is 1.52 bits per heavy atom. The molecule has 0 aliphatic carbocycles. The molecule has 0 fully saturated rings. The van der Waals surface area contributed by atoms with Gasteiger partial charge in [-0.2, -0.15) is 0 Å². The van der Waals surface area contributed by atoms with Crippen LogP contribution < -0.4 is 29.6 Å². The van der Waals surface area contributed by atoms with E-state index in [4.69, 9.17) is 0 Å². The van der Waals surface area contributed by atoms with E-state index in [-0.39, 0.29) is 35.7 Å². The minimum atomic E-state index is -4.11. The Balaban J connectivity index is 0. The number of hydrogen-bond acceptors (Lipinski definition) is 4. The molecule has 0 amide bonds. The second-order valence-corrected chi connectivity index (χ2v) is 9.00. The molecule has 0 aromatic heterocycles. The van der Waals surface area contributed by atoms with E-state index in [9.17, 15) is 18.1 Å². The summed E-state index contributed by atoms with van der Waals surface area (Å²) in [6.07, 6.45) is 16.0. The molecule has 0 aromatic carbocycles. The van der Waals surface area contributed by atoms with E-state index < -0.39 is 15.4 Å². The molecule has 0 bridgehead atoms. The van der Waals surface area contributed by atoms with Crippen molar-refractivity contribution in [2.24, 2.45) is 0 Å². The second kappa shape index (κ2) is 18.2. The monoisotopic (exact) mass is 386 g/mol. The summed E-state index contributed by atoms with van der Waals surface area (Å²) in [7, 11) is -4.11. The maximum Gasteiger partial charge on any atom is 1.00 e. The van der Waals surface area contributed by atoms with Crippen LogP contribution in [0, 0.1) is 0 Å². The van der Waals surface area contributed by atoms with Gasteiger partial charge in [-0.3, -0.25) is 0 Å². The van der Waals surface area contributed by atoms with Gasteiger partial charge in [0.25, 0.3) is 0 Å². The van der Waals surface area contributed by atoms with Crippen LogP contribution in [-0.4, -0.2) is 29.4 Å². The number of unbranched alkanes of at least 4 members (excludes halogenated alkanes) is 10. The van der Waals surface area contributed by atoms with Crippen molar-refractivity contribution in [1.82, 2.24) is 0 Å². The smallest absolute Gasteiger partial charge is 0.748 e. The Morgan fingerprint density at radius 1 is 0.760 bits per heavy atom. The van der Waals surface area contributed by atoms with E-state index in [2.05, 4.69) is 6.92 Å². The number of hydrogen-bond donors (Lipinski definition) is 1. The van der Waals surface area contributed by atoms with Crippen LogP contribution in [-0.2, 0) is 10.1 Å². The molecular formula is C19H39NaO4S. The quantitative estimate of drug-likeness (QED) is 0.236. The Bertz CT molecular complexity index is 374. The summed E-state index contributed by atoms with van der Waals surface area (Å²) in [6, 6.07) is 0. The van der Waals surface area contributed by atoms with Crippen molar-refractivity contribution >= 4 is 10.1 Å². The van der Waals surface area contributed by atoms with Crippen LogP contribution in [0.2, 0.25) is 0 Å². The molecule has 4 nitrogen and oxygen atoms in total. The van der Waals surface area contributed by atoms with E-state index in [1.165, 1.54) is 39.0 Å². The molecule has 0 aromatic rings. The van der Waals surface area contributed by atoms with E-state index >= 15 is 0 Å². The van der Waals surface area contributed by atoms with E-state index in [0.717, 1.165) is 57.8 Å². The second-order valence-electron chi connectivity index (χ2n) is 7.21. The van der Waals surface area contributed by atoms with Gasteiger partial charge in [0.05, 0.1) is 16.2 Å². The Kier molecular flexibility index (Phi) is 20.5. The van der Waals surface area contributed by atoms with Gasteiger partial charge in [-0.1, -0.05) is 84.0 Å². The topological polar surface area (TPSA) is 77.4 Å². The van der Waals surface area contributed by atoms with E-state index in [1.807, 2.05) is 0 Å². The first kappa shape index (κ1) is 28.1. The van der Waals surface area contributed by atoms with Crippen LogP contribution >= 0.6 is 0 Å². The third-order valence-corrected chi connectivity index (χ3v) is 6.00. The molecule has 0 rings (SSSR count). The summed E-state index contributed by atoms with van der Waals surface area (Å²) in [6.45, 7) is 3.72. The van der Waals surface area contributed by atoms with E-state index in [0.29, 0.717) is 6.42 Å². The molecule has 146 valence electrons. The summed E-state index contributed by atoms with van der Waals surface area (Å²) in [5, 5.41) is 9.19.